The number of halogens is 3. The molecule has 0 aliphatic carbocycles. The van der Waals surface area contributed by atoms with Crippen LogP contribution >= 0.6 is 23.4 Å². The molecule has 0 aliphatic rings. The Labute approximate surface area is 189 Å². The van der Waals surface area contributed by atoms with Gasteiger partial charge in [-0.05, 0) is 45.8 Å². The number of thioether (sulfide) groups is 1. The van der Waals surface area contributed by atoms with Gasteiger partial charge >= 0.3 is 0 Å². The molecular weight excluding hydrogens is 452 g/mol. The molecule has 0 unspecified atom stereocenters. The molecule has 0 bridgehead atoms. The van der Waals surface area contributed by atoms with Crippen LogP contribution in [0.25, 0.3) is 0 Å². The number of nitrogens with zero attached hydrogens (tertiary/aromatic N) is 4. The van der Waals surface area contributed by atoms with Crippen molar-refractivity contribution in [3.05, 3.63) is 58.4 Å². The van der Waals surface area contributed by atoms with E-state index in [4.69, 9.17) is 21.1 Å². The van der Waals surface area contributed by atoms with E-state index in [1.165, 1.54) is 12.1 Å². The molecule has 0 spiro atoms. The Morgan fingerprint density at radius 1 is 1.20 bits per heavy atom. The van der Waals surface area contributed by atoms with Crippen molar-refractivity contribution in [1.82, 2.24) is 25.5 Å². The number of ether oxygens (including phenoxy) is 2. The third kappa shape index (κ3) is 6.73. The van der Waals surface area contributed by atoms with Crippen LogP contribution in [0.15, 0.2) is 41.6 Å². The number of nitrogens with one attached hydrogen (secondary N) is 1. The molecule has 0 fully saturated rings. The highest BCUT2D eigenvalue weighted by Gasteiger charge is 2.12. The molecule has 0 saturated carbocycles. The first kappa shape index (κ1) is 24.2. The number of hydrogen-bond donors (Lipinski definition) is 1. The fourth-order valence-corrected chi connectivity index (χ4v) is 3.58. The van der Waals surface area contributed by atoms with Gasteiger partial charge in [-0.3, -0.25) is 0 Å². The highest BCUT2D eigenvalue weighted by atomic mass is 35.5. The lowest BCUT2D eigenvalue weighted by atomic mass is 10.2. The van der Waals surface area contributed by atoms with Crippen molar-refractivity contribution < 1.29 is 26.3 Å². The Morgan fingerprint density at radius 3 is 2.63 bits per heavy atom. The van der Waals surface area contributed by atoms with Gasteiger partial charge in [-0.15, -0.1) is 5.10 Å². The summed E-state index contributed by atoms with van der Waals surface area (Å²) in [4.78, 5) is 0. The normalized spacial score (nSPS) is 10.5. The van der Waals surface area contributed by atoms with Gasteiger partial charge in [-0.2, -0.15) is 0 Å². The van der Waals surface area contributed by atoms with E-state index < -0.39 is 0 Å². The van der Waals surface area contributed by atoms with Crippen molar-refractivity contribution in [3.8, 4) is 11.5 Å². The number of benzene rings is 2. The summed E-state index contributed by atoms with van der Waals surface area (Å²) in [6.07, 6.45) is 0. The summed E-state index contributed by atoms with van der Waals surface area (Å²) in [5.74, 6) is 1.56. The maximum absolute atomic E-state index is 13.0. The summed E-state index contributed by atoms with van der Waals surface area (Å²) < 4.78 is 25.9. The number of methoxy groups -OCH3 is 1. The summed E-state index contributed by atoms with van der Waals surface area (Å²) in [6, 6.07) is 9.86. The van der Waals surface area contributed by atoms with E-state index in [0.29, 0.717) is 23.1 Å². The van der Waals surface area contributed by atoms with Crippen LogP contribution in [-0.4, -0.2) is 39.6 Å². The summed E-state index contributed by atoms with van der Waals surface area (Å²) in [7, 11) is 3.38. The van der Waals surface area contributed by atoms with Gasteiger partial charge in [0.25, 0.3) is 0 Å². The largest absolute Gasteiger partial charge is 1.00 e. The second kappa shape index (κ2) is 11.9. The van der Waals surface area contributed by atoms with Gasteiger partial charge in [-0.25, -0.2) is 9.07 Å². The maximum Gasteiger partial charge on any atom is 0.209 e. The third-order valence-corrected chi connectivity index (χ3v) is 5.30. The third-order valence-electron chi connectivity index (χ3n) is 4.01. The molecule has 0 atom stereocenters. The predicted molar refractivity (Wildman–Crippen MR) is 110 cm³/mol. The molecule has 7 nitrogen and oxygen atoms in total. The average molecular weight is 473 g/mol. The van der Waals surface area contributed by atoms with Gasteiger partial charge in [0.15, 0.2) is 11.5 Å². The van der Waals surface area contributed by atoms with Crippen molar-refractivity contribution >= 4 is 23.4 Å². The molecule has 3 aromatic rings. The minimum absolute atomic E-state index is 0. The highest BCUT2D eigenvalue weighted by Crippen LogP contribution is 2.37. The Morgan fingerprint density at radius 2 is 1.97 bits per heavy atom. The van der Waals surface area contributed by atoms with Crippen molar-refractivity contribution in [2.45, 2.75) is 18.3 Å². The fraction of sp³-hybridized carbons (Fsp3) is 0.316. The van der Waals surface area contributed by atoms with Crippen LogP contribution in [0.5, 0.6) is 11.5 Å². The minimum atomic E-state index is -0.284. The van der Waals surface area contributed by atoms with Crippen LogP contribution in [-0.2, 0) is 20.2 Å². The highest BCUT2D eigenvalue weighted by molar-refractivity contribution is 7.99. The van der Waals surface area contributed by atoms with Crippen molar-refractivity contribution in [2.75, 3.05) is 19.4 Å². The van der Waals surface area contributed by atoms with Crippen LogP contribution in [0.3, 0.4) is 0 Å². The van der Waals surface area contributed by atoms with Gasteiger partial charge in [-0.1, -0.05) is 35.5 Å². The quantitative estimate of drug-likeness (QED) is 0.339. The van der Waals surface area contributed by atoms with Crippen LogP contribution in [0.1, 0.15) is 11.1 Å². The minimum Gasteiger partial charge on any atom is -1.00 e. The summed E-state index contributed by atoms with van der Waals surface area (Å²) in [5.41, 5.74) is 1.82. The monoisotopic (exact) mass is 472 g/mol. The van der Waals surface area contributed by atoms with Gasteiger partial charge in [0.2, 0.25) is 5.16 Å². The fourth-order valence-electron chi connectivity index (χ4n) is 2.54. The second-order valence-electron chi connectivity index (χ2n) is 6.13. The first-order valence-electron chi connectivity index (χ1n) is 8.86. The predicted octanol–water partition coefficient (Wildman–Crippen LogP) is 0.476. The Kier molecular flexibility index (Phi) is 9.64. The zero-order valence-electron chi connectivity index (χ0n) is 16.4. The van der Waals surface area contributed by atoms with Crippen LogP contribution < -0.4 is 27.2 Å². The molecular formula is C19H21Cl2FN5O2S-. The summed E-state index contributed by atoms with van der Waals surface area (Å²) >= 11 is 7.99. The van der Waals surface area contributed by atoms with E-state index in [1.54, 1.807) is 35.7 Å². The Bertz CT molecular complexity index is 943. The van der Waals surface area contributed by atoms with Crippen LogP contribution in [0.4, 0.5) is 4.39 Å². The first-order valence-corrected chi connectivity index (χ1v) is 10.2. The summed E-state index contributed by atoms with van der Waals surface area (Å²) in [5, 5.41) is 15.9. The second-order valence-corrected chi connectivity index (χ2v) is 7.60. The standard InChI is InChI=1S/C19H21ClFN5O2S.ClH/c1-26-19(23-24-25-26)29-8-7-22-11-14-9-16(20)18(17(10-14)27-2)28-12-13-3-5-15(21)6-4-13;/h3-6,9-10,22H,7-8,11-12H2,1-2H3;1H/p-1. The molecule has 2 aromatic carbocycles. The number of rotatable bonds is 10. The summed E-state index contributed by atoms with van der Waals surface area (Å²) in [6.45, 7) is 1.67. The molecule has 11 heteroatoms. The van der Waals surface area contributed by atoms with Crippen molar-refractivity contribution in [3.63, 3.8) is 0 Å². The lowest BCUT2D eigenvalue weighted by Gasteiger charge is -2.14. The van der Waals surface area contributed by atoms with E-state index in [2.05, 4.69) is 20.8 Å². The van der Waals surface area contributed by atoms with E-state index in [-0.39, 0.29) is 24.8 Å². The first-order chi connectivity index (χ1) is 14.1. The molecule has 162 valence electrons. The maximum atomic E-state index is 13.0. The zero-order valence-corrected chi connectivity index (χ0v) is 18.8. The Balaban J connectivity index is 0.00000320. The van der Waals surface area contributed by atoms with E-state index in [0.717, 1.165) is 28.6 Å². The molecule has 0 amide bonds. The van der Waals surface area contributed by atoms with Gasteiger partial charge in [0.05, 0.1) is 12.1 Å². The number of aromatic nitrogens is 4. The van der Waals surface area contributed by atoms with E-state index in [9.17, 15) is 4.39 Å². The van der Waals surface area contributed by atoms with Gasteiger partial charge < -0.3 is 27.2 Å². The number of tetrazole rings is 1. The number of aryl methyl sites for hydroxylation is 1. The van der Waals surface area contributed by atoms with E-state index >= 15 is 0 Å². The van der Waals surface area contributed by atoms with Gasteiger partial charge in [0, 0.05) is 25.9 Å². The average Bonchev–Trinajstić information content (AvgIpc) is 3.12. The molecule has 3 rings (SSSR count). The topological polar surface area (TPSA) is 74.1 Å². The van der Waals surface area contributed by atoms with Crippen LogP contribution in [0, 0.1) is 5.82 Å². The molecule has 1 heterocycles. The SMILES string of the molecule is COc1cc(CNCCSc2nnnn2C)cc(Cl)c1OCc1ccc(F)cc1.[Cl-]. The smallest absolute Gasteiger partial charge is 0.209 e. The molecule has 30 heavy (non-hydrogen) atoms. The van der Waals surface area contributed by atoms with Crippen molar-refractivity contribution in [1.29, 1.82) is 0 Å². The van der Waals surface area contributed by atoms with Crippen LogP contribution in [0.2, 0.25) is 5.02 Å². The molecule has 1 aromatic heterocycles. The number of hydrogen-bond acceptors (Lipinski definition) is 7. The lowest BCUT2D eigenvalue weighted by Crippen LogP contribution is -3.00. The molecule has 0 saturated heterocycles. The Hall–Kier alpha value is -2.07. The zero-order chi connectivity index (χ0) is 20.6. The van der Waals surface area contributed by atoms with Crippen molar-refractivity contribution in [2.24, 2.45) is 7.05 Å². The lowest BCUT2D eigenvalue weighted by molar-refractivity contribution is -0.00000720. The van der Waals surface area contributed by atoms with Gasteiger partial charge in [0.1, 0.15) is 12.4 Å². The molecule has 0 aliphatic heterocycles. The van der Waals surface area contributed by atoms with E-state index in [1.807, 2.05) is 19.2 Å². The molecule has 0 radical (unpaired) electrons. The molecule has 1 N–H and O–H groups in total.